The van der Waals surface area contributed by atoms with Crippen molar-refractivity contribution in [3.8, 4) is 0 Å². The Balaban J connectivity index is 1.81. The third kappa shape index (κ3) is 2.93. The summed E-state index contributed by atoms with van der Waals surface area (Å²) >= 11 is 0. The van der Waals surface area contributed by atoms with E-state index in [1.807, 2.05) is 0 Å². The number of aromatic nitrogens is 2. The summed E-state index contributed by atoms with van der Waals surface area (Å²) < 4.78 is 38.7. The van der Waals surface area contributed by atoms with Crippen molar-refractivity contribution in [3.05, 3.63) is 29.8 Å². The zero-order valence-corrected chi connectivity index (χ0v) is 13.4. The molecule has 1 aromatic carbocycles. The fourth-order valence-electron chi connectivity index (χ4n) is 2.70. The van der Waals surface area contributed by atoms with Crippen LogP contribution in [0.2, 0.25) is 0 Å². The van der Waals surface area contributed by atoms with Crippen molar-refractivity contribution in [2.45, 2.75) is 6.92 Å². The average molecular weight is 340 g/mol. The molecule has 0 bridgehead atoms. The van der Waals surface area contributed by atoms with Crippen LogP contribution in [0.1, 0.15) is 17.3 Å². The molecule has 1 amide bonds. The van der Waals surface area contributed by atoms with Crippen molar-refractivity contribution >= 4 is 27.0 Å². The van der Waals surface area contributed by atoms with Gasteiger partial charge in [0.2, 0.25) is 10.0 Å². The molecular formula is C14H17FN4O3S. The summed E-state index contributed by atoms with van der Waals surface area (Å²) in [5, 5.41) is 0. The number of aromatic amines is 1. The molecule has 0 radical (unpaired) electrons. The molecule has 0 spiro atoms. The van der Waals surface area contributed by atoms with Gasteiger partial charge in [-0.15, -0.1) is 0 Å². The summed E-state index contributed by atoms with van der Waals surface area (Å²) in [6.07, 6.45) is 1.41. The van der Waals surface area contributed by atoms with E-state index in [-0.39, 0.29) is 43.4 Å². The highest BCUT2D eigenvalue weighted by molar-refractivity contribution is 7.89. The molecule has 1 fully saturated rings. The van der Waals surface area contributed by atoms with Crippen molar-refractivity contribution < 1.29 is 17.6 Å². The van der Waals surface area contributed by atoms with E-state index in [2.05, 4.69) is 9.97 Å². The molecule has 2 aromatic rings. The smallest absolute Gasteiger partial charge is 0.256 e. The highest BCUT2D eigenvalue weighted by Gasteiger charge is 2.29. The summed E-state index contributed by atoms with van der Waals surface area (Å²) in [7, 11) is -3.25. The maximum absolute atomic E-state index is 13.7. The molecule has 1 aliphatic rings. The van der Waals surface area contributed by atoms with E-state index in [4.69, 9.17) is 0 Å². The minimum atomic E-state index is -3.25. The summed E-state index contributed by atoms with van der Waals surface area (Å²) in [5.74, 6) is -0.814. The first-order valence-electron chi connectivity index (χ1n) is 7.32. The Bertz CT molecular complexity index is 841. The minimum Gasteiger partial charge on any atom is -0.344 e. The third-order valence-electron chi connectivity index (χ3n) is 4.00. The molecule has 1 N–H and O–H groups in total. The zero-order chi connectivity index (χ0) is 16.6. The number of nitrogens with one attached hydrogen (secondary N) is 1. The molecule has 23 heavy (non-hydrogen) atoms. The number of imidazole rings is 1. The fourth-order valence-corrected chi connectivity index (χ4v) is 3.78. The molecule has 9 heteroatoms. The Morgan fingerprint density at radius 1 is 1.30 bits per heavy atom. The number of hydrogen-bond donors (Lipinski definition) is 1. The Kier molecular flexibility index (Phi) is 4.07. The van der Waals surface area contributed by atoms with Crippen LogP contribution in [-0.2, 0) is 10.0 Å². The molecule has 0 saturated carbocycles. The van der Waals surface area contributed by atoms with Crippen LogP contribution < -0.4 is 0 Å². The number of rotatable bonds is 3. The van der Waals surface area contributed by atoms with E-state index >= 15 is 0 Å². The SMILES string of the molecule is CCS(=O)(=O)N1CCN(C(=O)c2cc(F)cc3[nH]cnc23)CC1. The lowest BCUT2D eigenvalue weighted by Crippen LogP contribution is -2.50. The van der Waals surface area contributed by atoms with Crippen LogP contribution in [0, 0.1) is 5.82 Å². The first-order valence-corrected chi connectivity index (χ1v) is 8.93. The average Bonchev–Trinajstić information content (AvgIpc) is 3.01. The maximum Gasteiger partial charge on any atom is 0.256 e. The van der Waals surface area contributed by atoms with Gasteiger partial charge in [-0.2, -0.15) is 4.31 Å². The van der Waals surface area contributed by atoms with Crippen molar-refractivity contribution in [3.63, 3.8) is 0 Å². The number of carbonyl (C=O) groups is 1. The summed E-state index contributed by atoms with van der Waals surface area (Å²) in [5.41, 5.74) is 1.06. The number of benzene rings is 1. The summed E-state index contributed by atoms with van der Waals surface area (Å²) in [4.78, 5) is 21.0. The van der Waals surface area contributed by atoms with Crippen LogP contribution in [0.15, 0.2) is 18.5 Å². The molecule has 0 aliphatic carbocycles. The molecule has 1 aliphatic heterocycles. The number of amides is 1. The van der Waals surface area contributed by atoms with Gasteiger partial charge in [0.1, 0.15) is 11.3 Å². The van der Waals surface area contributed by atoms with E-state index in [0.717, 1.165) is 0 Å². The Hall–Kier alpha value is -2.00. The maximum atomic E-state index is 13.7. The van der Waals surface area contributed by atoms with Crippen molar-refractivity contribution in [1.82, 2.24) is 19.2 Å². The second-order valence-corrected chi connectivity index (χ2v) is 7.60. The normalized spacial score (nSPS) is 16.9. The first kappa shape index (κ1) is 15.9. The van der Waals surface area contributed by atoms with E-state index in [9.17, 15) is 17.6 Å². The van der Waals surface area contributed by atoms with Gasteiger partial charge in [0.15, 0.2) is 0 Å². The lowest BCUT2D eigenvalue weighted by molar-refractivity contribution is 0.0699. The van der Waals surface area contributed by atoms with E-state index in [1.54, 1.807) is 6.92 Å². The second kappa shape index (κ2) is 5.89. The monoisotopic (exact) mass is 340 g/mol. The number of piperazine rings is 1. The van der Waals surface area contributed by atoms with Gasteiger partial charge in [0, 0.05) is 26.2 Å². The van der Waals surface area contributed by atoms with E-state index in [0.29, 0.717) is 11.0 Å². The highest BCUT2D eigenvalue weighted by atomic mass is 32.2. The number of H-pyrrole nitrogens is 1. The quantitative estimate of drug-likeness (QED) is 0.896. The van der Waals surface area contributed by atoms with Gasteiger partial charge in [-0.25, -0.2) is 17.8 Å². The molecule has 0 atom stereocenters. The third-order valence-corrected chi connectivity index (χ3v) is 5.88. The molecule has 1 aromatic heterocycles. The predicted molar refractivity (Wildman–Crippen MR) is 83.0 cm³/mol. The van der Waals surface area contributed by atoms with Crippen LogP contribution in [0.5, 0.6) is 0 Å². The minimum absolute atomic E-state index is 0.0404. The number of nitrogens with zero attached hydrogens (tertiary/aromatic N) is 3. The number of hydrogen-bond acceptors (Lipinski definition) is 4. The van der Waals surface area contributed by atoms with Crippen LogP contribution in [-0.4, -0.2) is 65.4 Å². The molecule has 1 saturated heterocycles. The molecule has 7 nitrogen and oxygen atoms in total. The van der Waals surface area contributed by atoms with Crippen LogP contribution in [0.4, 0.5) is 4.39 Å². The van der Waals surface area contributed by atoms with Gasteiger partial charge in [-0.3, -0.25) is 4.79 Å². The Morgan fingerprint density at radius 3 is 2.65 bits per heavy atom. The number of sulfonamides is 1. The fraction of sp³-hybridized carbons (Fsp3) is 0.429. The zero-order valence-electron chi connectivity index (χ0n) is 12.6. The molecular weight excluding hydrogens is 323 g/mol. The first-order chi connectivity index (χ1) is 10.9. The lowest BCUT2D eigenvalue weighted by atomic mass is 10.1. The van der Waals surface area contributed by atoms with Crippen LogP contribution in [0.3, 0.4) is 0 Å². The lowest BCUT2D eigenvalue weighted by Gasteiger charge is -2.33. The largest absolute Gasteiger partial charge is 0.344 e. The topological polar surface area (TPSA) is 86.4 Å². The van der Waals surface area contributed by atoms with Crippen LogP contribution >= 0.6 is 0 Å². The molecule has 3 rings (SSSR count). The Labute approximate surface area is 133 Å². The van der Waals surface area contributed by atoms with E-state index < -0.39 is 15.8 Å². The van der Waals surface area contributed by atoms with Gasteiger partial charge >= 0.3 is 0 Å². The van der Waals surface area contributed by atoms with Crippen LogP contribution in [0.25, 0.3) is 11.0 Å². The van der Waals surface area contributed by atoms with E-state index in [1.165, 1.54) is 27.7 Å². The van der Waals surface area contributed by atoms with Crippen molar-refractivity contribution in [1.29, 1.82) is 0 Å². The standard InChI is InChI=1S/C14H17FN4O3S/c1-2-23(21,22)19-5-3-18(4-6-19)14(20)11-7-10(15)8-12-13(11)17-9-16-12/h7-9H,2-6H2,1H3,(H,16,17). The van der Waals surface area contributed by atoms with Gasteiger partial charge in [-0.05, 0) is 19.1 Å². The summed E-state index contributed by atoms with van der Waals surface area (Å²) in [6, 6.07) is 2.45. The predicted octanol–water partition coefficient (Wildman–Crippen LogP) is 0.810. The number of carbonyl (C=O) groups excluding carboxylic acids is 1. The number of halogens is 1. The Morgan fingerprint density at radius 2 is 2.00 bits per heavy atom. The highest BCUT2D eigenvalue weighted by Crippen LogP contribution is 2.20. The molecule has 124 valence electrons. The second-order valence-electron chi connectivity index (χ2n) is 5.34. The van der Waals surface area contributed by atoms with Crippen molar-refractivity contribution in [2.75, 3.05) is 31.9 Å². The van der Waals surface area contributed by atoms with Gasteiger partial charge in [-0.1, -0.05) is 0 Å². The molecule has 2 heterocycles. The molecule has 0 unspecified atom stereocenters. The van der Waals surface area contributed by atoms with Gasteiger partial charge in [0.25, 0.3) is 5.91 Å². The van der Waals surface area contributed by atoms with Gasteiger partial charge < -0.3 is 9.88 Å². The van der Waals surface area contributed by atoms with Gasteiger partial charge in [0.05, 0.1) is 23.2 Å². The number of fused-ring (bicyclic) bond motifs is 1. The summed E-state index contributed by atoms with van der Waals surface area (Å²) in [6.45, 7) is 2.65. The van der Waals surface area contributed by atoms with Crippen molar-refractivity contribution in [2.24, 2.45) is 0 Å².